The van der Waals surface area contributed by atoms with Crippen LogP contribution in [0, 0.1) is 5.92 Å². The quantitative estimate of drug-likeness (QED) is 0.675. The summed E-state index contributed by atoms with van der Waals surface area (Å²) in [4.78, 5) is 3.83. The van der Waals surface area contributed by atoms with Crippen LogP contribution in [0.1, 0.15) is 12.8 Å². The van der Waals surface area contributed by atoms with E-state index in [1.165, 1.54) is 19.2 Å². The molecule has 0 spiro atoms. The number of aromatic nitrogens is 2. The summed E-state index contributed by atoms with van der Waals surface area (Å²) in [7, 11) is 0. The third-order valence-corrected chi connectivity index (χ3v) is 1.60. The monoisotopic (exact) mass is 139 g/mol. The fourth-order valence-corrected chi connectivity index (χ4v) is 0.805. The standard InChI is InChI=1S/C6H9N3O/c1-2-5(1)3-7-6-8-4-9-10-6/h4-5H,1-3H2,(H,7,8,9). The van der Waals surface area contributed by atoms with Gasteiger partial charge in [-0.3, -0.25) is 0 Å². The van der Waals surface area contributed by atoms with Gasteiger partial charge in [-0.25, -0.2) is 0 Å². The zero-order valence-corrected chi connectivity index (χ0v) is 5.58. The highest BCUT2D eigenvalue weighted by Gasteiger charge is 2.21. The number of nitrogens with zero attached hydrogens (tertiary/aromatic N) is 2. The molecule has 4 heteroatoms. The highest BCUT2D eigenvalue weighted by molar-refractivity contribution is 5.16. The van der Waals surface area contributed by atoms with Gasteiger partial charge in [-0.15, -0.1) is 0 Å². The second-order valence-electron chi connectivity index (χ2n) is 2.57. The molecule has 0 aromatic carbocycles. The van der Waals surface area contributed by atoms with Gasteiger partial charge in [0.1, 0.15) is 0 Å². The van der Waals surface area contributed by atoms with Crippen molar-refractivity contribution in [3.63, 3.8) is 0 Å². The minimum absolute atomic E-state index is 0.534. The highest BCUT2D eigenvalue weighted by atomic mass is 16.5. The van der Waals surface area contributed by atoms with Gasteiger partial charge < -0.3 is 9.84 Å². The van der Waals surface area contributed by atoms with Crippen molar-refractivity contribution < 1.29 is 4.52 Å². The lowest BCUT2D eigenvalue weighted by Crippen LogP contribution is -2.02. The van der Waals surface area contributed by atoms with Crippen molar-refractivity contribution >= 4 is 6.01 Å². The van der Waals surface area contributed by atoms with Gasteiger partial charge in [-0.1, -0.05) is 5.16 Å². The Morgan fingerprint density at radius 2 is 2.60 bits per heavy atom. The van der Waals surface area contributed by atoms with Crippen LogP contribution >= 0.6 is 0 Å². The normalized spacial score (nSPS) is 17.2. The molecule has 1 saturated carbocycles. The summed E-state index contributed by atoms with van der Waals surface area (Å²) in [6, 6.07) is 0.534. The molecule has 4 nitrogen and oxygen atoms in total. The number of anilines is 1. The number of rotatable bonds is 3. The van der Waals surface area contributed by atoms with Crippen LogP contribution in [0.25, 0.3) is 0 Å². The molecule has 1 aromatic rings. The minimum atomic E-state index is 0.534. The molecule has 0 bridgehead atoms. The van der Waals surface area contributed by atoms with E-state index < -0.39 is 0 Å². The van der Waals surface area contributed by atoms with Gasteiger partial charge in [0.05, 0.1) is 0 Å². The SMILES string of the molecule is c1noc(NCC2CC2)n1. The summed E-state index contributed by atoms with van der Waals surface area (Å²) in [6.45, 7) is 0.974. The molecule has 1 heterocycles. The van der Waals surface area contributed by atoms with E-state index in [4.69, 9.17) is 4.52 Å². The first-order valence-corrected chi connectivity index (χ1v) is 3.46. The van der Waals surface area contributed by atoms with Crippen molar-refractivity contribution in [1.29, 1.82) is 0 Å². The zero-order chi connectivity index (χ0) is 6.81. The largest absolute Gasteiger partial charge is 0.337 e. The van der Waals surface area contributed by atoms with Gasteiger partial charge in [0.2, 0.25) is 0 Å². The van der Waals surface area contributed by atoms with Gasteiger partial charge in [0.25, 0.3) is 0 Å². The van der Waals surface area contributed by atoms with E-state index in [9.17, 15) is 0 Å². The molecular weight excluding hydrogens is 130 g/mol. The summed E-state index contributed by atoms with van der Waals surface area (Å²) in [5.74, 6) is 0.840. The Hall–Kier alpha value is -1.06. The first-order valence-electron chi connectivity index (χ1n) is 3.46. The molecule has 0 atom stereocenters. The summed E-state index contributed by atoms with van der Waals surface area (Å²) in [5.41, 5.74) is 0. The van der Waals surface area contributed by atoms with Crippen LogP contribution in [-0.4, -0.2) is 16.7 Å². The molecule has 1 aliphatic rings. The molecule has 2 rings (SSSR count). The van der Waals surface area contributed by atoms with Crippen LogP contribution < -0.4 is 5.32 Å². The molecule has 0 aliphatic heterocycles. The van der Waals surface area contributed by atoms with Crippen LogP contribution in [0.3, 0.4) is 0 Å². The molecule has 54 valence electrons. The predicted octanol–water partition coefficient (Wildman–Crippen LogP) is 0.891. The maximum absolute atomic E-state index is 4.74. The third kappa shape index (κ3) is 1.26. The molecule has 10 heavy (non-hydrogen) atoms. The molecular formula is C6H9N3O. The van der Waals surface area contributed by atoms with E-state index in [2.05, 4.69) is 15.5 Å². The lowest BCUT2D eigenvalue weighted by molar-refractivity contribution is 0.429. The average Bonchev–Trinajstić information content (AvgIpc) is 2.63. The van der Waals surface area contributed by atoms with Crippen molar-refractivity contribution in [2.45, 2.75) is 12.8 Å². The van der Waals surface area contributed by atoms with E-state index in [1.54, 1.807) is 0 Å². The molecule has 1 aromatic heterocycles. The second-order valence-corrected chi connectivity index (χ2v) is 2.57. The molecule has 1 N–H and O–H groups in total. The molecule has 0 radical (unpaired) electrons. The molecule has 0 unspecified atom stereocenters. The first kappa shape index (κ1) is 5.70. The van der Waals surface area contributed by atoms with Gasteiger partial charge in [-0.05, 0) is 18.8 Å². The summed E-state index contributed by atoms with van der Waals surface area (Å²) >= 11 is 0. The van der Waals surface area contributed by atoms with Gasteiger partial charge in [0.15, 0.2) is 6.33 Å². The van der Waals surface area contributed by atoms with Crippen molar-refractivity contribution in [2.24, 2.45) is 5.92 Å². The van der Waals surface area contributed by atoms with Gasteiger partial charge in [0, 0.05) is 6.54 Å². The van der Waals surface area contributed by atoms with Crippen LogP contribution in [0.4, 0.5) is 6.01 Å². The van der Waals surface area contributed by atoms with Crippen molar-refractivity contribution in [1.82, 2.24) is 10.1 Å². The fraction of sp³-hybridized carbons (Fsp3) is 0.667. The topological polar surface area (TPSA) is 51.0 Å². The Morgan fingerprint density at radius 1 is 1.70 bits per heavy atom. The Morgan fingerprint density at radius 3 is 3.20 bits per heavy atom. The van der Waals surface area contributed by atoms with E-state index in [0.717, 1.165) is 12.5 Å². The van der Waals surface area contributed by atoms with Crippen LogP contribution in [0.2, 0.25) is 0 Å². The van der Waals surface area contributed by atoms with Crippen molar-refractivity contribution in [3.8, 4) is 0 Å². The Bertz CT molecular complexity index is 193. The van der Waals surface area contributed by atoms with Crippen molar-refractivity contribution in [3.05, 3.63) is 6.33 Å². The molecule has 1 aliphatic carbocycles. The summed E-state index contributed by atoms with van der Waals surface area (Å²) in [6.07, 6.45) is 4.07. The lowest BCUT2D eigenvalue weighted by Gasteiger charge is -1.94. The average molecular weight is 139 g/mol. The van der Waals surface area contributed by atoms with E-state index >= 15 is 0 Å². The first-order chi connectivity index (χ1) is 4.95. The Kier molecular flexibility index (Phi) is 1.30. The fourth-order valence-electron chi connectivity index (χ4n) is 0.805. The van der Waals surface area contributed by atoms with Crippen LogP contribution in [0.5, 0.6) is 0 Å². The van der Waals surface area contributed by atoms with E-state index in [-0.39, 0.29) is 0 Å². The highest BCUT2D eigenvalue weighted by Crippen LogP contribution is 2.28. The number of nitrogens with one attached hydrogen (secondary N) is 1. The van der Waals surface area contributed by atoms with Crippen LogP contribution in [-0.2, 0) is 0 Å². The lowest BCUT2D eigenvalue weighted by atomic mass is 10.4. The smallest absolute Gasteiger partial charge is 0.321 e. The van der Waals surface area contributed by atoms with Gasteiger partial charge >= 0.3 is 6.01 Å². The molecule has 0 saturated heterocycles. The maximum atomic E-state index is 4.74. The molecule has 1 fully saturated rings. The van der Waals surface area contributed by atoms with Crippen LogP contribution in [0.15, 0.2) is 10.9 Å². The Labute approximate surface area is 58.6 Å². The predicted molar refractivity (Wildman–Crippen MR) is 35.5 cm³/mol. The van der Waals surface area contributed by atoms with E-state index in [0.29, 0.717) is 6.01 Å². The number of hydrogen-bond acceptors (Lipinski definition) is 4. The van der Waals surface area contributed by atoms with Crippen molar-refractivity contribution in [2.75, 3.05) is 11.9 Å². The second kappa shape index (κ2) is 2.28. The zero-order valence-electron chi connectivity index (χ0n) is 5.58. The van der Waals surface area contributed by atoms with Gasteiger partial charge in [-0.2, -0.15) is 4.98 Å². The summed E-state index contributed by atoms with van der Waals surface area (Å²) < 4.78 is 4.74. The molecule has 0 amide bonds. The number of hydrogen-bond donors (Lipinski definition) is 1. The summed E-state index contributed by atoms with van der Waals surface area (Å²) in [5, 5.41) is 6.52. The maximum Gasteiger partial charge on any atom is 0.321 e. The minimum Gasteiger partial charge on any atom is -0.337 e. The van der Waals surface area contributed by atoms with E-state index in [1.807, 2.05) is 0 Å². The third-order valence-electron chi connectivity index (χ3n) is 1.60. The Balaban J connectivity index is 1.79.